The van der Waals surface area contributed by atoms with Crippen LogP contribution in [-0.2, 0) is 4.79 Å². The number of likely N-dealkylation sites (tertiary alicyclic amines) is 1. The van der Waals surface area contributed by atoms with Gasteiger partial charge in [-0.2, -0.15) is 5.10 Å². The zero-order valence-electron chi connectivity index (χ0n) is 18.9. The molecule has 3 heterocycles. The Kier molecular flexibility index (Phi) is 5.82. The number of anilines is 1. The summed E-state index contributed by atoms with van der Waals surface area (Å²) in [5.74, 6) is 0.584. The maximum absolute atomic E-state index is 13.5. The molecule has 1 saturated heterocycles. The van der Waals surface area contributed by atoms with Crippen LogP contribution in [0, 0.1) is 5.82 Å². The monoisotopic (exact) mass is 473 g/mol. The van der Waals surface area contributed by atoms with E-state index in [0.717, 1.165) is 24.1 Å². The Morgan fingerprint density at radius 3 is 2.77 bits per heavy atom. The van der Waals surface area contributed by atoms with E-state index in [9.17, 15) is 14.0 Å². The predicted molar refractivity (Wildman–Crippen MR) is 131 cm³/mol. The average molecular weight is 474 g/mol. The van der Waals surface area contributed by atoms with Crippen molar-refractivity contribution in [2.75, 3.05) is 18.8 Å². The van der Waals surface area contributed by atoms with E-state index in [0.29, 0.717) is 35.5 Å². The smallest absolute Gasteiger partial charge is 0.274 e. The number of hydrogen-bond donors (Lipinski definition) is 2. The first kappa shape index (κ1) is 22.4. The summed E-state index contributed by atoms with van der Waals surface area (Å²) < 4.78 is 21.0. The number of ether oxygens (including phenoxy) is 1. The first-order valence-electron chi connectivity index (χ1n) is 11.3. The first-order chi connectivity index (χ1) is 16.9. The molecule has 2 aromatic carbocycles. The molecule has 178 valence electrons. The van der Waals surface area contributed by atoms with Crippen LogP contribution in [0.15, 0.2) is 72.2 Å². The lowest BCUT2D eigenvalue weighted by molar-refractivity contribution is -0.127. The molecule has 4 aromatic rings. The highest BCUT2D eigenvalue weighted by Gasteiger charge is 2.28. The van der Waals surface area contributed by atoms with Gasteiger partial charge in [-0.25, -0.2) is 9.49 Å². The Balaban J connectivity index is 1.53. The molecule has 3 N–H and O–H groups in total. The first-order valence-corrected chi connectivity index (χ1v) is 11.3. The van der Waals surface area contributed by atoms with E-state index in [1.807, 2.05) is 22.9 Å². The summed E-state index contributed by atoms with van der Waals surface area (Å²) in [5.41, 5.74) is 7.95. The molecular weight excluding hydrogens is 449 g/mol. The normalized spacial score (nSPS) is 15.8. The number of piperidine rings is 1. The maximum atomic E-state index is 13.5. The van der Waals surface area contributed by atoms with Crippen molar-refractivity contribution in [2.45, 2.75) is 18.8 Å². The van der Waals surface area contributed by atoms with Gasteiger partial charge in [0, 0.05) is 37.0 Å². The summed E-state index contributed by atoms with van der Waals surface area (Å²) in [7, 11) is 0. The number of H-pyrrole nitrogens is 1. The molecule has 0 unspecified atom stereocenters. The molecule has 1 aliphatic rings. The van der Waals surface area contributed by atoms with Crippen LogP contribution in [0.2, 0.25) is 0 Å². The lowest BCUT2D eigenvalue weighted by Gasteiger charge is -2.32. The summed E-state index contributed by atoms with van der Waals surface area (Å²) >= 11 is 0. The molecule has 35 heavy (non-hydrogen) atoms. The summed E-state index contributed by atoms with van der Waals surface area (Å²) in [4.78, 5) is 26.8. The van der Waals surface area contributed by atoms with Crippen LogP contribution in [-0.4, -0.2) is 38.7 Å². The summed E-state index contributed by atoms with van der Waals surface area (Å²) in [6, 6.07) is 13.1. The minimum atomic E-state index is -0.380. The van der Waals surface area contributed by atoms with Crippen LogP contribution >= 0.6 is 0 Å². The van der Waals surface area contributed by atoms with Gasteiger partial charge in [-0.3, -0.25) is 9.59 Å². The number of halogens is 1. The Morgan fingerprint density at radius 2 is 2.03 bits per heavy atom. The Labute approximate surface area is 200 Å². The lowest BCUT2D eigenvalue weighted by atomic mass is 9.90. The number of amides is 1. The lowest BCUT2D eigenvalue weighted by Crippen LogP contribution is -2.38. The Morgan fingerprint density at radius 1 is 1.23 bits per heavy atom. The maximum Gasteiger partial charge on any atom is 0.274 e. The van der Waals surface area contributed by atoms with Crippen molar-refractivity contribution in [2.24, 2.45) is 0 Å². The van der Waals surface area contributed by atoms with Gasteiger partial charge in [0.15, 0.2) is 5.82 Å². The second kappa shape index (κ2) is 9.09. The number of hydrogen-bond acceptors (Lipinski definition) is 5. The van der Waals surface area contributed by atoms with Gasteiger partial charge in [0.25, 0.3) is 5.56 Å². The van der Waals surface area contributed by atoms with Crippen LogP contribution in [0.25, 0.3) is 16.6 Å². The third kappa shape index (κ3) is 4.28. The molecule has 0 spiro atoms. The third-order valence-corrected chi connectivity index (χ3v) is 6.28. The molecular formula is C26H24FN5O3. The standard InChI is InChI=1S/C26H24FN5O3/c1-2-22(33)31-12-4-5-16(14-31)21-15-32(24-23(21)26(34)30-29-25(24)28)18-8-10-19(11-9-18)35-20-7-3-6-17(27)13-20/h2-3,6-11,13,15-16H,1,4-5,12,14H2,(H2,28,29)(H,30,34)/t16-/m1/s1. The van der Waals surface area contributed by atoms with Crippen molar-refractivity contribution >= 4 is 22.6 Å². The molecule has 0 saturated carbocycles. The number of nitrogens with zero attached hydrogens (tertiary/aromatic N) is 3. The van der Waals surface area contributed by atoms with Gasteiger partial charge >= 0.3 is 0 Å². The van der Waals surface area contributed by atoms with E-state index >= 15 is 0 Å². The van der Waals surface area contributed by atoms with Gasteiger partial charge in [-0.15, -0.1) is 0 Å². The topological polar surface area (TPSA) is 106 Å². The van der Waals surface area contributed by atoms with Gasteiger partial charge < -0.3 is 19.9 Å². The molecule has 1 aliphatic heterocycles. The Hall–Kier alpha value is -4.40. The van der Waals surface area contributed by atoms with E-state index < -0.39 is 0 Å². The molecule has 9 heteroatoms. The second-order valence-corrected chi connectivity index (χ2v) is 8.50. The van der Waals surface area contributed by atoms with Crippen LogP contribution < -0.4 is 16.0 Å². The highest BCUT2D eigenvalue weighted by Crippen LogP contribution is 2.35. The molecule has 5 rings (SSSR count). The number of aromatic amines is 1. The van der Waals surface area contributed by atoms with E-state index in [4.69, 9.17) is 10.5 Å². The van der Waals surface area contributed by atoms with Gasteiger partial charge in [0.05, 0.1) is 5.39 Å². The van der Waals surface area contributed by atoms with Gasteiger partial charge in [-0.1, -0.05) is 12.6 Å². The molecule has 1 atom stereocenters. The van der Waals surface area contributed by atoms with Crippen molar-refractivity contribution in [3.8, 4) is 17.2 Å². The van der Waals surface area contributed by atoms with E-state index in [-0.39, 0.29) is 29.0 Å². The minimum Gasteiger partial charge on any atom is -0.457 e. The molecule has 2 aromatic heterocycles. The average Bonchev–Trinajstić information content (AvgIpc) is 3.28. The van der Waals surface area contributed by atoms with Crippen molar-refractivity contribution in [3.05, 3.63) is 89.1 Å². The largest absolute Gasteiger partial charge is 0.457 e. The van der Waals surface area contributed by atoms with Crippen molar-refractivity contribution < 1.29 is 13.9 Å². The molecule has 1 amide bonds. The fraction of sp³-hybridized carbons (Fsp3) is 0.192. The summed E-state index contributed by atoms with van der Waals surface area (Å²) in [5, 5.41) is 6.92. The summed E-state index contributed by atoms with van der Waals surface area (Å²) in [6.45, 7) is 4.74. The molecule has 0 aliphatic carbocycles. The van der Waals surface area contributed by atoms with Crippen LogP contribution in [0.1, 0.15) is 24.3 Å². The van der Waals surface area contributed by atoms with Gasteiger partial charge in [0.2, 0.25) is 5.91 Å². The number of fused-ring (bicyclic) bond motifs is 1. The predicted octanol–water partition coefficient (Wildman–Crippen LogP) is 4.12. The highest BCUT2D eigenvalue weighted by atomic mass is 19.1. The minimum absolute atomic E-state index is 0.0325. The van der Waals surface area contributed by atoms with Crippen molar-refractivity contribution in [1.29, 1.82) is 0 Å². The van der Waals surface area contributed by atoms with E-state index in [1.54, 1.807) is 29.2 Å². The summed E-state index contributed by atoms with van der Waals surface area (Å²) in [6.07, 6.45) is 4.87. The highest BCUT2D eigenvalue weighted by molar-refractivity contribution is 5.92. The van der Waals surface area contributed by atoms with Crippen LogP contribution in [0.4, 0.5) is 10.2 Å². The van der Waals surface area contributed by atoms with Crippen LogP contribution in [0.5, 0.6) is 11.5 Å². The molecule has 1 fully saturated rings. The Bertz CT molecular complexity index is 1470. The number of nitrogens with one attached hydrogen (secondary N) is 1. The number of carbonyl (C=O) groups is 1. The number of aromatic nitrogens is 3. The number of nitrogen functional groups attached to an aromatic ring is 1. The third-order valence-electron chi connectivity index (χ3n) is 6.28. The zero-order chi connectivity index (χ0) is 24.5. The number of benzene rings is 2. The quantitative estimate of drug-likeness (QED) is 0.424. The van der Waals surface area contributed by atoms with Gasteiger partial charge in [-0.05, 0) is 60.9 Å². The molecule has 0 bridgehead atoms. The van der Waals surface area contributed by atoms with Crippen LogP contribution in [0.3, 0.4) is 0 Å². The van der Waals surface area contributed by atoms with Gasteiger partial charge in [0.1, 0.15) is 22.8 Å². The molecule has 0 radical (unpaired) electrons. The number of carbonyl (C=O) groups excluding carboxylic acids is 1. The molecule has 8 nitrogen and oxygen atoms in total. The SMILES string of the molecule is C=CC(=O)N1CCC[C@@H](c2cn(-c3ccc(Oc4cccc(F)c4)cc3)c3c(N)n[nH]c(=O)c23)C1. The second-order valence-electron chi connectivity index (χ2n) is 8.50. The zero-order valence-corrected chi connectivity index (χ0v) is 18.9. The number of rotatable bonds is 5. The fourth-order valence-electron chi connectivity index (χ4n) is 4.65. The van der Waals surface area contributed by atoms with Crippen molar-refractivity contribution in [1.82, 2.24) is 19.7 Å². The van der Waals surface area contributed by atoms with E-state index in [1.165, 1.54) is 18.2 Å². The number of nitrogens with two attached hydrogens (primary N) is 1. The fourth-order valence-corrected chi connectivity index (χ4v) is 4.65. The van der Waals surface area contributed by atoms with E-state index in [2.05, 4.69) is 16.8 Å². The van der Waals surface area contributed by atoms with Crippen molar-refractivity contribution in [3.63, 3.8) is 0 Å².